The lowest BCUT2D eigenvalue weighted by molar-refractivity contribution is 0.284. The molecule has 0 saturated carbocycles. The fourth-order valence-corrected chi connectivity index (χ4v) is 2.37. The maximum atomic E-state index is 5.89. The highest BCUT2D eigenvalue weighted by atomic mass is 35.5. The first-order chi connectivity index (χ1) is 12.2. The Morgan fingerprint density at radius 1 is 1.08 bits per heavy atom. The molecule has 0 unspecified atom stereocenters. The first-order valence-electron chi connectivity index (χ1n) is 7.66. The Bertz CT molecular complexity index is 835. The number of nitrogens with zero attached hydrogens (tertiary/aromatic N) is 4. The molecule has 3 aromatic rings. The van der Waals surface area contributed by atoms with E-state index in [1.807, 2.05) is 42.5 Å². The molecule has 3 rings (SSSR count). The zero-order valence-electron chi connectivity index (χ0n) is 13.9. The first kappa shape index (κ1) is 17.0. The minimum absolute atomic E-state index is 0.440. The number of hydrogen-bond donors (Lipinski definition) is 1. The third-order valence-electron chi connectivity index (χ3n) is 3.61. The van der Waals surface area contributed by atoms with Crippen LogP contribution >= 0.6 is 11.6 Å². The number of benzene rings is 2. The molecular formula is C17H18ClN5O2. The molecule has 130 valence electrons. The average molecular weight is 360 g/mol. The Labute approximate surface area is 150 Å². The summed E-state index contributed by atoms with van der Waals surface area (Å²) in [5.74, 6) is 1.95. The molecule has 0 amide bonds. The van der Waals surface area contributed by atoms with Gasteiger partial charge in [-0.3, -0.25) is 0 Å². The lowest BCUT2D eigenvalue weighted by atomic mass is 10.2. The van der Waals surface area contributed by atoms with Gasteiger partial charge in [0.15, 0.2) is 11.5 Å². The van der Waals surface area contributed by atoms with Crippen molar-refractivity contribution in [2.24, 2.45) is 7.05 Å². The fourth-order valence-electron chi connectivity index (χ4n) is 2.24. The molecule has 1 heterocycles. The summed E-state index contributed by atoms with van der Waals surface area (Å²) in [6.07, 6.45) is 0. The maximum absolute atomic E-state index is 5.89. The fraction of sp³-hybridized carbons (Fsp3) is 0.235. The molecule has 0 fully saturated rings. The van der Waals surface area contributed by atoms with Gasteiger partial charge >= 0.3 is 0 Å². The van der Waals surface area contributed by atoms with Gasteiger partial charge in [-0.25, -0.2) is 4.68 Å². The van der Waals surface area contributed by atoms with E-state index in [9.17, 15) is 0 Å². The smallest absolute Gasteiger partial charge is 0.242 e. The molecule has 0 aliphatic carbocycles. The Balaban J connectivity index is 1.64. The van der Waals surface area contributed by atoms with Crippen molar-refractivity contribution >= 4 is 17.5 Å². The summed E-state index contributed by atoms with van der Waals surface area (Å²) in [5, 5.41) is 15.1. The zero-order valence-corrected chi connectivity index (χ0v) is 14.7. The van der Waals surface area contributed by atoms with Crippen LogP contribution in [0.2, 0.25) is 5.02 Å². The summed E-state index contributed by atoms with van der Waals surface area (Å²) in [6.45, 7) is 1.01. The minimum Gasteiger partial charge on any atom is -0.493 e. The number of aryl methyl sites for hydroxylation is 1. The van der Waals surface area contributed by atoms with Crippen LogP contribution in [0.25, 0.3) is 0 Å². The Hall–Kier alpha value is -2.80. The summed E-state index contributed by atoms with van der Waals surface area (Å²) in [7, 11) is 3.39. The third-order valence-corrected chi connectivity index (χ3v) is 3.86. The first-order valence-corrected chi connectivity index (χ1v) is 8.04. The van der Waals surface area contributed by atoms with Gasteiger partial charge in [0.2, 0.25) is 5.95 Å². The van der Waals surface area contributed by atoms with Crippen LogP contribution in [-0.2, 0) is 20.2 Å². The van der Waals surface area contributed by atoms with Gasteiger partial charge in [-0.1, -0.05) is 34.9 Å². The number of nitrogens with one attached hydrogen (secondary N) is 1. The summed E-state index contributed by atoms with van der Waals surface area (Å²) in [4.78, 5) is 0. The van der Waals surface area contributed by atoms with Crippen LogP contribution in [-0.4, -0.2) is 27.3 Å². The van der Waals surface area contributed by atoms with Crippen LogP contribution in [0.1, 0.15) is 11.1 Å². The molecule has 0 aliphatic rings. The van der Waals surface area contributed by atoms with E-state index in [1.165, 1.54) is 0 Å². The van der Waals surface area contributed by atoms with Crippen LogP contribution in [0.3, 0.4) is 0 Å². The number of ether oxygens (including phenoxy) is 2. The van der Waals surface area contributed by atoms with E-state index in [-0.39, 0.29) is 0 Å². The van der Waals surface area contributed by atoms with Crippen molar-refractivity contribution in [1.82, 2.24) is 20.2 Å². The normalized spacial score (nSPS) is 10.5. The molecule has 0 aliphatic heterocycles. The monoisotopic (exact) mass is 359 g/mol. The second-order valence-electron chi connectivity index (χ2n) is 5.38. The summed E-state index contributed by atoms with van der Waals surface area (Å²) in [6, 6.07) is 13.3. The number of halogens is 1. The van der Waals surface area contributed by atoms with Gasteiger partial charge in [-0.2, -0.15) is 0 Å². The molecule has 0 atom stereocenters. The SMILES string of the molecule is COc1cc(CNc2nnnn2C)ccc1OCc1ccc(Cl)cc1. The lowest BCUT2D eigenvalue weighted by Gasteiger charge is -2.13. The van der Waals surface area contributed by atoms with E-state index in [1.54, 1.807) is 18.8 Å². The van der Waals surface area contributed by atoms with Crippen molar-refractivity contribution in [2.45, 2.75) is 13.2 Å². The Kier molecular flexibility index (Phi) is 5.35. The molecule has 0 bridgehead atoms. The van der Waals surface area contributed by atoms with Crippen molar-refractivity contribution in [2.75, 3.05) is 12.4 Å². The standard InChI is InChI=1S/C17H18ClN5O2/c1-23-17(20-21-22-23)19-10-13-5-8-15(16(9-13)24-2)25-11-12-3-6-14(18)7-4-12/h3-9H,10-11H2,1-2H3,(H,19,20,22). The molecule has 2 aromatic carbocycles. The predicted octanol–water partition coefficient (Wildman–Crippen LogP) is 3.06. The highest BCUT2D eigenvalue weighted by molar-refractivity contribution is 6.30. The van der Waals surface area contributed by atoms with Crippen LogP contribution < -0.4 is 14.8 Å². The number of rotatable bonds is 7. The summed E-state index contributed by atoms with van der Waals surface area (Å²) < 4.78 is 12.9. The third kappa shape index (κ3) is 4.39. The van der Waals surface area contributed by atoms with Crippen LogP contribution in [0.15, 0.2) is 42.5 Å². The Morgan fingerprint density at radius 3 is 2.52 bits per heavy atom. The van der Waals surface area contributed by atoms with Crippen LogP contribution in [0, 0.1) is 0 Å². The Morgan fingerprint density at radius 2 is 1.84 bits per heavy atom. The van der Waals surface area contributed by atoms with Gasteiger partial charge < -0.3 is 14.8 Å². The highest BCUT2D eigenvalue weighted by Crippen LogP contribution is 2.29. The predicted molar refractivity (Wildman–Crippen MR) is 94.9 cm³/mol. The van der Waals surface area contributed by atoms with E-state index >= 15 is 0 Å². The number of tetrazole rings is 1. The molecular weight excluding hydrogens is 342 g/mol. The summed E-state index contributed by atoms with van der Waals surface area (Å²) >= 11 is 5.89. The van der Waals surface area contributed by atoms with Crippen molar-refractivity contribution in [1.29, 1.82) is 0 Å². The molecule has 0 radical (unpaired) electrons. The largest absolute Gasteiger partial charge is 0.493 e. The van der Waals surface area contributed by atoms with Crippen molar-refractivity contribution in [3.05, 3.63) is 58.6 Å². The van der Waals surface area contributed by atoms with E-state index in [0.717, 1.165) is 11.1 Å². The van der Waals surface area contributed by atoms with Crippen molar-refractivity contribution < 1.29 is 9.47 Å². The molecule has 0 spiro atoms. The number of hydrogen-bond acceptors (Lipinski definition) is 6. The van der Waals surface area contributed by atoms with Crippen LogP contribution in [0.5, 0.6) is 11.5 Å². The van der Waals surface area contributed by atoms with Gasteiger partial charge in [0.05, 0.1) is 7.11 Å². The van der Waals surface area contributed by atoms with Gasteiger partial charge in [-0.15, -0.1) is 0 Å². The molecule has 7 nitrogen and oxygen atoms in total. The van der Waals surface area contributed by atoms with Gasteiger partial charge in [0.1, 0.15) is 6.61 Å². The minimum atomic E-state index is 0.440. The molecule has 0 saturated heterocycles. The molecule has 8 heteroatoms. The lowest BCUT2D eigenvalue weighted by Crippen LogP contribution is -2.06. The van der Waals surface area contributed by atoms with Crippen molar-refractivity contribution in [3.8, 4) is 11.5 Å². The van der Waals surface area contributed by atoms with Gasteiger partial charge in [0.25, 0.3) is 0 Å². The maximum Gasteiger partial charge on any atom is 0.242 e. The summed E-state index contributed by atoms with van der Waals surface area (Å²) in [5.41, 5.74) is 2.06. The topological polar surface area (TPSA) is 74.1 Å². The van der Waals surface area contributed by atoms with E-state index in [0.29, 0.717) is 35.6 Å². The zero-order chi connectivity index (χ0) is 17.6. The average Bonchev–Trinajstić information content (AvgIpc) is 3.04. The number of anilines is 1. The van der Waals surface area contributed by atoms with Gasteiger partial charge in [0, 0.05) is 18.6 Å². The number of aromatic nitrogens is 4. The second kappa shape index (κ2) is 7.85. The quantitative estimate of drug-likeness (QED) is 0.698. The van der Waals surface area contributed by atoms with E-state index < -0.39 is 0 Å². The second-order valence-corrected chi connectivity index (χ2v) is 5.82. The molecule has 25 heavy (non-hydrogen) atoms. The van der Waals surface area contributed by atoms with Gasteiger partial charge in [-0.05, 0) is 45.8 Å². The van der Waals surface area contributed by atoms with E-state index in [2.05, 4.69) is 20.8 Å². The van der Waals surface area contributed by atoms with Crippen LogP contribution in [0.4, 0.5) is 5.95 Å². The molecule has 1 N–H and O–H groups in total. The number of methoxy groups -OCH3 is 1. The van der Waals surface area contributed by atoms with E-state index in [4.69, 9.17) is 21.1 Å². The highest BCUT2D eigenvalue weighted by Gasteiger charge is 2.08. The van der Waals surface area contributed by atoms with Crippen molar-refractivity contribution in [3.63, 3.8) is 0 Å². The molecule has 1 aromatic heterocycles.